The molecule has 0 aliphatic heterocycles. The first kappa shape index (κ1) is 14.9. The van der Waals surface area contributed by atoms with Gasteiger partial charge in [0.15, 0.2) is 0 Å². The largest absolute Gasteiger partial charge is 0.398 e. The number of nitrogens with zero attached hydrogens (tertiary/aromatic N) is 1. The number of nitro groups is 1. The van der Waals surface area contributed by atoms with Gasteiger partial charge in [0.2, 0.25) is 0 Å². The summed E-state index contributed by atoms with van der Waals surface area (Å²) in [7, 11) is 0. The summed E-state index contributed by atoms with van der Waals surface area (Å²) in [5.41, 5.74) is 8.78. The molecule has 2 rings (SSSR count). The van der Waals surface area contributed by atoms with Crippen LogP contribution in [0.25, 0.3) is 0 Å². The van der Waals surface area contributed by atoms with Crippen molar-refractivity contribution < 1.29 is 4.92 Å². The fourth-order valence-electron chi connectivity index (χ4n) is 1.75. The van der Waals surface area contributed by atoms with Crippen LogP contribution in [0.3, 0.4) is 0 Å². The van der Waals surface area contributed by atoms with Crippen LogP contribution in [0, 0.1) is 17.0 Å². The quantitative estimate of drug-likeness (QED) is 0.379. The summed E-state index contributed by atoms with van der Waals surface area (Å²) in [4.78, 5) is 11.5. The number of thioether (sulfide) groups is 1. The smallest absolute Gasteiger partial charge is 0.283 e. The molecule has 0 amide bonds. The minimum Gasteiger partial charge on any atom is -0.398 e. The normalized spacial score (nSPS) is 10.5. The first-order valence-corrected chi connectivity index (χ1v) is 7.68. The molecular formula is C14H13BrN2O2S. The van der Waals surface area contributed by atoms with E-state index in [1.807, 2.05) is 31.2 Å². The molecule has 0 aromatic heterocycles. The Morgan fingerprint density at radius 2 is 2.00 bits per heavy atom. The molecular weight excluding hydrogens is 340 g/mol. The van der Waals surface area contributed by atoms with Crippen molar-refractivity contribution in [1.29, 1.82) is 0 Å². The van der Waals surface area contributed by atoms with E-state index in [9.17, 15) is 10.1 Å². The first-order chi connectivity index (χ1) is 9.50. The minimum atomic E-state index is -0.390. The standard InChI is InChI=1S/C14H13BrN2O2S/c1-9-4-2-7-12(14(9)16)20-8-10-5-3-6-11(13(10)15)17(18)19/h2-7H,8,16H2,1H3. The topological polar surface area (TPSA) is 69.2 Å². The number of aryl methyl sites for hydroxylation is 1. The molecule has 4 nitrogen and oxygen atoms in total. The number of benzene rings is 2. The molecule has 0 fully saturated rings. The van der Waals surface area contributed by atoms with Crippen molar-refractivity contribution in [2.75, 3.05) is 5.73 Å². The maximum Gasteiger partial charge on any atom is 0.283 e. The maximum absolute atomic E-state index is 10.9. The highest BCUT2D eigenvalue weighted by molar-refractivity contribution is 9.10. The average molecular weight is 353 g/mol. The summed E-state index contributed by atoms with van der Waals surface area (Å²) in [6.07, 6.45) is 0. The number of halogens is 1. The van der Waals surface area contributed by atoms with E-state index in [1.165, 1.54) is 6.07 Å². The van der Waals surface area contributed by atoms with E-state index in [2.05, 4.69) is 15.9 Å². The van der Waals surface area contributed by atoms with E-state index in [0.29, 0.717) is 10.2 Å². The second kappa shape index (κ2) is 6.28. The summed E-state index contributed by atoms with van der Waals surface area (Å²) in [5.74, 6) is 0.621. The Kier molecular flexibility index (Phi) is 4.67. The highest BCUT2D eigenvalue weighted by atomic mass is 79.9. The monoisotopic (exact) mass is 352 g/mol. The molecule has 0 saturated carbocycles. The molecule has 2 aromatic carbocycles. The van der Waals surface area contributed by atoms with Crippen molar-refractivity contribution in [3.8, 4) is 0 Å². The zero-order chi connectivity index (χ0) is 14.7. The average Bonchev–Trinajstić information content (AvgIpc) is 2.41. The van der Waals surface area contributed by atoms with E-state index in [0.717, 1.165) is 21.7 Å². The van der Waals surface area contributed by atoms with E-state index in [1.54, 1.807) is 17.8 Å². The second-order valence-electron chi connectivity index (χ2n) is 4.28. The Labute approximate surface area is 129 Å². The minimum absolute atomic E-state index is 0.0836. The van der Waals surface area contributed by atoms with E-state index in [4.69, 9.17) is 5.73 Å². The van der Waals surface area contributed by atoms with Gasteiger partial charge >= 0.3 is 0 Å². The molecule has 0 saturated heterocycles. The van der Waals surface area contributed by atoms with Gasteiger partial charge in [-0.2, -0.15) is 0 Å². The third kappa shape index (κ3) is 3.13. The molecule has 0 spiro atoms. The third-order valence-corrected chi connectivity index (χ3v) is 4.96. The van der Waals surface area contributed by atoms with Gasteiger partial charge in [0.05, 0.1) is 9.40 Å². The van der Waals surface area contributed by atoms with Gasteiger partial charge in [-0.25, -0.2) is 0 Å². The van der Waals surface area contributed by atoms with Gasteiger partial charge in [0.25, 0.3) is 5.69 Å². The van der Waals surface area contributed by atoms with Gasteiger partial charge in [-0.3, -0.25) is 10.1 Å². The lowest BCUT2D eigenvalue weighted by Crippen LogP contribution is -1.94. The molecule has 2 aromatic rings. The lowest BCUT2D eigenvalue weighted by atomic mass is 10.2. The Bertz CT molecular complexity index is 662. The van der Waals surface area contributed by atoms with Crippen LogP contribution in [0.2, 0.25) is 0 Å². The summed E-state index contributed by atoms with van der Waals surface area (Å²) >= 11 is 4.87. The molecule has 6 heteroatoms. The molecule has 0 radical (unpaired) electrons. The van der Waals surface area contributed by atoms with Crippen LogP contribution in [0.4, 0.5) is 11.4 Å². The van der Waals surface area contributed by atoms with Crippen LogP contribution < -0.4 is 5.73 Å². The number of nitrogens with two attached hydrogens (primary N) is 1. The van der Waals surface area contributed by atoms with E-state index >= 15 is 0 Å². The Morgan fingerprint density at radius 1 is 1.30 bits per heavy atom. The van der Waals surface area contributed by atoms with Gasteiger partial charge in [0, 0.05) is 22.4 Å². The zero-order valence-corrected chi connectivity index (χ0v) is 13.2. The van der Waals surface area contributed by atoms with Crippen LogP contribution in [0.15, 0.2) is 45.8 Å². The lowest BCUT2D eigenvalue weighted by molar-refractivity contribution is -0.385. The van der Waals surface area contributed by atoms with Crippen LogP contribution >= 0.6 is 27.7 Å². The SMILES string of the molecule is Cc1cccc(SCc2cccc([N+](=O)[O-])c2Br)c1N. The first-order valence-electron chi connectivity index (χ1n) is 5.90. The number of hydrogen-bond acceptors (Lipinski definition) is 4. The molecule has 104 valence electrons. The van der Waals surface area contributed by atoms with Crippen molar-refractivity contribution in [1.82, 2.24) is 0 Å². The van der Waals surface area contributed by atoms with Crippen molar-refractivity contribution in [2.24, 2.45) is 0 Å². The second-order valence-corrected chi connectivity index (χ2v) is 6.09. The summed E-state index contributed by atoms with van der Waals surface area (Å²) in [6, 6.07) is 10.9. The zero-order valence-electron chi connectivity index (χ0n) is 10.8. The number of anilines is 1. The fraction of sp³-hybridized carbons (Fsp3) is 0.143. The Balaban J connectivity index is 2.21. The van der Waals surface area contributed by atoms with Gasteiger partial charge in [-0.15, -0.1) is 11.8 Å². The predicted octanol–water partition coefficient (Wildman–Crippen LogP) is 4.54. The van der Waals surface area contributed by atoms with Gasteiger partial charge in [-0.1, -0.05) is 24.3 Å². The van der Waals surface area contributed by atoms with Gasteiger partial charge in [-0.05, 0) is 40.0 Å². The molecule has 0 bridgehead atoms. The Hall–Kier alpha value is -1.53. The van der Waals surface area contributed by atoms with Crippen molar-refractivity contribution in [3.63, 3.8) is 0 Å². The maximum atomic E-state index is 10.9. The molecule has 20 heavy (non-hydrogen) atoms. The van der Waals surface area contributed by atoms with E-state index < -0.39 is 0 Å². The molecule has 0 aliphatic rings. The molecule has 0 atom stereocenters. The Morgan fingerprint density at radius 3 is 2.70 bits per heavy atom. The van der Waals surface area contributed by atoms with Gasteiger partial charge in [0.1, 0.15) is 0 Å². The van der Waals surface area contributed by atoms with Crippen molar-refractivity contribution in [2.45, 2.75) is 17.6 Å². The van der Waals surface area contributed by atoms with Crippen molar-refractivity contribution in [3.05, 3.63) is 62.1 Å². The summed E-state index contributed by atoms with van der Waals surface area (Å²) in [5, 5.41) is 10.9. The number of nitrogen functional groups attached to an aromatic ring is 1. The van der Waals surface area contributed by atoms with Crippen LogP contribution in [-0.2, 0) is 5.75 Å². The summed E-state index contributed by atoms with van der Waals surface area (Å²) < 4.78 is 0.531. The molecule has 0 unspecified atom stereocenters. The molecule has 2 N–H and O–H groups in total. The lowest BCUT2D eigenvalue weighted by Gasteiger charge is -2.09. The molecule has 0 heterocycles. The number of hydrogen-bond donors (Lipinski definition) is 1. The van der Waals surface area contributed by atoms with Gasteiger partial charge < -0.3 is 5.73 Å². The molecule has 0 aliphatic carbocycles. The fourth-order valence-corrected chi connectivity index (χ4v) is 3.53. The van der Waals surface area contributed by atoms with Crippen LogP contribution in [0.5, 0.6) is 0 Å². The highest BCUT2D eigenvalue weighted by Gasteiger charge is 2.15. The van der Waals surface area contributed by atoms with Crippen LogP contribution in [-0.4, -0.2) is 4.92 Å². The number of nitro benzene ring substituents is 1. The summed E-state index contributed by atoms with van der Waals surface area (Å²) in [6.45, 7) is 1.96. The highest BCUT2D eigenvalue weighted by Crippen LogP contribution is 2.35. The van der Waals surface area contributed by atoms with Crippen molar-refractivity contribution >= 4 is 39.1 Å². The van der Waals surface area contributed by atoms with Crippen LogP contribution in [0.1, 0.15) is 11.1 Å². The predicted molar refractivity (Wildman–Crippen MR) is 85.9 cm³/mol. The van der Waals surface area contributed by atoms with E-state index in [-0.39, 0.29) is 10.6 Å². The number of rotatable bonds is 4. The third-order valence-electron chi connectivity index (χ3n) is 2.92. The number of para-hydroxylation sites is 1.